The Balaban J connectivity index is 0.00000125. The average molecular weight is 301 g/mol. The molecule has 2 aliphatic carbocycles. The normalized spacial score (nSPS) is 40.6. The summed E-state index contributed by atoms with van der Waals surface area (Å²) in [6, 6.07) is 4.23. The summed E-state index contributed by atoms with van der Waals surface area (Å²) in [5.74, 6) is 1.19. The van der Waals surface area contributed by atoms with Crippen molar-refractivity contribution in [1.82, 2.24) is 4.90 Å². The van der Waals surface area contributed by atoms with E-state index < -0.39 is 6.10 Å². The minimum atomic E-state index is -0.594. The Morgan fingerprint density at radius 3 is 2.95 bits per heavy atom. The van der Waals surface area contributed by atoms with Crippen LogP contribution in [-0.2, 0) is 11.8 Å². The first-order valence-electron chi connectivity index (χ1n) is 7.71. The minimum Gasteiger partial charge on any atom is -0.504 e. The highest BCUT2D eigenvalue weighted by Gasteiger charge is 2.64. The Morgan fingerprint density at radius 2 is 2.14 bits per heavy atom. The second kappa shape index (κ2) is 4.27. The summed E-state index contributed by atoms with van der Waals surface area (Å²) in [6.45, 7) is 1.01. The van der Waals surface area contributed by atoms with Gasteiger partial charge in [0.05, 0.1) is 0 Å². The van der Waals surface area contributed by atoms with E-state index in [1.165, 1.54) is 11.1 Å². The summed E-state index contributed by atoms with van der Waals surface area (Å²) >= 11 is 0. The largest absolute Gasteiger partial charge is 0.504 e. The molecule has 1 fully saturated rings. The van der Waals surface area contributed by atoms with Crippen LogP contribution in [0.3, 0.4) is 0 Å². The first-order chi connectivity index (χ1) is 10.1. The first kappa shape index (κ1) is 14.1. The predicted molar refractivity (Wildman–Crippen MR) is 84.3 cm³/mol. The second-order valence-corrected chi connectivity index (χ2v) is 6.93. The lowest BCUT2D eigenvalue weighted by Gasteiger charge is -2.56. The number of nitrogens with zero attached hydrogens (tertiary/aromatic N) is 1. The number of phenolic OH excluding ortho intramolecular Hbond substituents is 1. The highest BCUT2D eigenvalue weighted by atomic mass is 16.5. The number of hydrogen-bond donors (Lipinski definition) is 2. The SMILES string of the molecule is C.CN1CC[C@]23c4c5ccc(O)c4O[C@H]2[C@@H](O)C=C[C@H]3[C@H]1C5. The number of aliphatic hydroxyl groups excluding tert-OH is 1. The maximum atomic E-state index is 10.4. The van der Waals surface area contributed by atoms with E-state index in [-0.39, 0.29) is 24.7 Å². The quantitative estimate of drug-likeness (QED) is 0.718. The van der Waals surface area contributed by atoms with Crippen molar-refractivity contribution in [1.29, 1.82) is 0 Å². The zero-order chi connectivity index (χ0) is 14.4. The third-order valence-electron chi connectivity index (χ3n) is 6.15. The molecule has 2 heterocycles. The van der Waals surface area contributed by atoms with Crippen LogP contribution in [0.1, 0.15) is 25.0 Å². The minimum absolute atomic E-state index is 0. The number of phenols is 1. The molecule has 22 heavy (non-hydrogen) atoms. The molecular weight excluding hydrogens is 278 g/mol. The molecule has 5 rings (SSSR count). The van der Waals surface area contributed by atoms with E-state index in [9.17, 15) is 10.2 Å². The number of aliphatic hydroxyl groups is 1. The Kier molecular flexibility index (Phi) is 2.73. The van der Waals surface area contributed by atoms with Gasteiger partial charge in [0.2, 0.25) is 0 Å². The van der Waals surface area contributed by atoms with Crippen LogP contribution in [0.5, 0.6) is 11.5 Å². The van der Waals surface area contributed by atoms with Gasteiger partial charge in [-0.1, -0.05) is 25.6 Å². The molecule has 0 amide bonds. The molecule has 4 nitrogen and oxygen atoms in total. The van der Waals surface area contributed by atoms with Gasteiger partial charge in [0.25, 0.3) is 0 Å². The van der Waals surface area contributed by atoms with Crippen molar-refractivity contribution in [2.75, 3.05) is 13.6 Å². The number of aromatic hydroxyl groups is 1. The van der Waals surface area contributed by atoms with Crippen LogP contribution in [0.2, 0.25) is 0 Å². The highest BCUT2D eigenvalue weighted by molar-refractivity contribution is 5.61. The number of benzene rings is 1. The van der Waals surface area contributed by atoms with E-state index in [4.69, 9.17) is 4.74 Å². The molecule has 1 saturated heterocycles. The third kappa shape index (κ3) is 1.36. The lowest BCUT2D eigenvalue weighted by Crippen LogP contribution is -2.64. The molecule has 1 spiro atoms. The van der Waals surface area contributed by atoms with Crippen molar-refractivity contribution < 1.29 is 14.9 Å². The maximum Gasteiger partial charge on any atom is 0.165 e. The summed E-state index contributed by atoms with van der Waals surface area (Å²) in [6.07, 6.45) is 5.18. The van der Waals surface area contributed by atoms with Crippen LogP contribution < -0.4 is 4.74 Å². The molecule has 2 aliphatic heterocycles. The summed E-state index contributed by atoms with van der Waals surface area (Å²) < 4.78 is 6.09. The van der Waals surface area contributed by atoms with Crippen molar-refractivity contribution in [2.24, 2.45) is 5.92 Å². The molecule has 0 radical (unpaired) electrons. The van der Waals surface area contributed by atoms with Gasteiger partial charge in [-0.2, -0.15) is 0 Å². The number of hydrogen-bond acceptors (Lipinski definition) is 4. The summed E-state index contributed by atoms with van der Waals surface area (Å²) in [7, 11) is 2.19. The van der Waals surface area contributed by atoms with Crippen LogP contribution in [0.25, 0.3) is 0 Å². The monoisotopic (exact) mass is 301 g/mol. The van der Waals surface area contributed by atoms with Crippen LogP contribution in [0.4, 0.5) is 0 Å². The van der Waals surface area contributed by atoms with Gasteiger partial charge >= 0.3 is 0 Å². The molecule has 4 heteroatoms. The van der Waals surface area contributed by atoms with Crippen molar-refractivity contribution in [3.05, 3.63) is 35.4 Å². The Hall–Kier alpha value is -1.52. The van der Waals surface area contributed by atoms with Crippen LogP contribution in [0, 0.1) is 5.92 Å². The van der Waals surface area contributed by atoms with E-state index >= 15 is 0 Å². The van der Waals surface area contributed by atoms with Crippen LogP contribution in [-0.4, -0.2) is 47.0 Å². The predicted octanol–water partition coefficient (Wildman–Crippen LogP) is 1.83. The smallest absolute Gasteiger partial charge is 0.165 e. The summed E-state index contributed by atoms with van der Waals surface area (Å²) in [5, 5.41) is 20.6. The number of likely N-dealkylation sites (N-methyl/N-ethyl adjacent to an activating group) is 1. The maximum absolute atomic E-state index is 10.4. The Bertz CT molecular complexity index is 671. The average Bonchev–Trinajstić information content (AvgIpc) is 2.83. The van der Waals surface area contributed by atoms with Crippen molar-refractivity contribution in [3.8, 4) is 11.5 Å². The standard InChI is InChI=1S/C17H19NO3.CH4/c1-18-7-6-17-10-3-5-13(20)16(17)21-15-12(19)4-2-9(14(15)17)8-11(10)18;/h2-5,10-11,13,16,19-20H,6-8H2,1H3;1H4/t10-,11+,13-,16-,17-;/m0./s1. The molecule has 1 aromatic carbocycles. The molecule has 5 atom stereocenters. The Morgan fingerprint density at radius 1 is 1.32 bits per heavy atom. The lowest BCUT2D eigenvalue weighted by molar-refractivity contribution is -0.0453. The number of rotatable bonds is 0. The molecule has 0 aromatic heterocycles. The van der Waals surface area contributed by atoms with E-state index in [1.807, 2.05) is 12.1 Å². The molecular formula is C18H23NO3. The fourth-order valence-corrected chi connectivity index (χ4v) is 5.24. The zero-order valence-corrected chi connectivity index (χ0v) is 12.0. The van der Waals surface area contributed by atoms with Crippen molar-refractivity contribution in [2.45, 2.75) is 43.9 Å². The van der Waals surface area contributed by atoms with E-state index in [0.717, 1.165) is 19.4 Å². The third-order valence-corrected chi connectivity index (χ3v) is 6.15. The van der Waals surface area contributed by atoms with Crippen LogP contribution >= 0.6 is 0 Å². The van der Waals surface area contributed by atoms with Gasteiger partial charge in [-0.05, 0) is 38.1 Å². The van der Waals surface area contributed by atoms with Gasteiger partial charge in [-0.3, -0.25) is 0 Å². The molecule has 4 aliphatic rings. The molecule has 2 bridgehead atoms. The molecule has 2 N–H and O–H groups in total. The topological polar surface area (TPSA) is 52.9 Å². The second-order valence-electron chi connectivity index (χ2n) is 6.93. The van der Waals surface area contributed by atoms with Gasteiger partial charge in [-0.15, -0.1) is 0 Å². The molecule has 118 valence electrons. The Labute approximate surface area is 131 Å². The lowest BCUT2D eigenvalue weighted by atomic mass is 9.53. The van der Waals surface area contributed by atoms with Crippen LogP contribution in [0.15, 0.2) is 24.3 Å². The van der Waals surface area contributed by atoms with Gasteiger partial charge in [0.15, 0.2) is 11.5 Å². The molecule has 1 aromatic rings. The summed E-state index contributed by atoms with van der Waals surface area (Å²) in [4.78, 5) is 2.43. The highest BCUT2D eigenvalue weighted by Crippen LogP contribution is 2.62. The van der Waals surface area contributed by atoms with Gasteiger partial charge in [0.1, 0.15) is 12.2 Å². The number of likely N-dealkylation sites (tertiary alicyclic amines) is 1. The summed E-state index contributed by atoms with van der Waals surface area (Å²) in [5.41, 5.74) is 2.29. The van der Waals surface area contributed by atoms with Crippen molar-refractivity contribution >= 4 is 0 Å². The van der Waals surface area contributed by atoms with Crippen molar-refractivity contribution in [3.63, 3.8) is 0 Å². The van der Waals surface area contributed by atoms with Gasteiger partial charge in [-0.25, -0.2) is 0 Å². The van der Waals surface area contributed by atoms with E-state index in [1.54, 1.807) is 6.07 Å². The van der Waals surface area contributed by atoms with Gasteiger partial charge < -0.3 is 19.8 Å². The van der Waals surface area contributed by atoms with E-state index in [0.29, 0.717) is 17.7 Å². The molecule has 0 saturated carbocycles. The fraction of sp³-hybridized carbons (Fsp3) is 0.556. The van der Waals surface area contributed by atoms with E-state index in [2.05, 4.69) is 18.0 Å². The van der Waals surface area contributed by atoms with Gasteiger partial charge in [0, 0.05) is 22.9 Å². The number of piperidine rings is 1. The zero-order valence-electron chi connectivity index (χ0n) is 12.0. The number of ether oxygens (including phenoxy) is 1. The molecule has 0 unspecified atom stereocenters. The first-order valence-corrected chi connectivity index (χ1v) is 7.71. The fourth-order valence-electron chi connectivity index (χ4n) is 5.24.